The van der Waals surface area contributed by atoms with Crippen LogP contribution in [0.25, 0.3) is 0 Å². The highest BCUT2D eigenvalue weighted by Gasteiger charge is 2.10. The summed E-state index contributed by atoms with van der Waals surface area (Å²) in [6.45, 7) is 4.20. The van der Waals surface area contributed by atoms with Crippen LogP contribution in [0.1, 0.15) is 22.8 Å². The van der Waals surface area contributed by atoms with Crippen molar-refractivity contribution >= 4 is 23.4 Å². The van der Waals surface area contributed by atoms with E-state index in [4.69, 9.17) is 10.5 Å². The maximum atomic E-state index is 11.7. The van der Waals surface area contributed by atoms with Crippen molar-refractivity contribution in [2.75, 3.05) is 12.3 Å². The lowest BCUT2D eigenvalue weighted by Crippen LogP contribution is -2.05. The number of benzene rings is 2. The zero-order valence-corrected chi connectivity index (χ0v) is 12.4. The van der Waals surface area contributed by atoms with Crippen molar-refractivity contribution in [1.82, 2.24) is 0 Å². The Bertz CT molecular complexity index is 608. The van der Waals surface area contributed by atoms with Gasteiger partial charge in [0.25, 0.3) is 0 Å². The summed E-state index contributed by atoms with van der Waals surface area (Å²) in [5.41, 5.74) is 8.36. The van der Waals surface area contributed by atoms with E-state index in [-0.39, 0.29) is 5.97 Å². The van der Waals surface area contributed by atoms with E-state index in [0.717, 1.165) is 9.79 Å². The Labute approximate surface area is 123 Å². The minimum Gasteiger partial charge on any atom is -0.462 e. The number of aryl methyl sites for hydroxylation is 1. The third-order valence-electron chi connectivity index (χ3n) is 2.77. The fourth-order valence-corrected chi connectivity index (χ4v) is 2.60. The second-order valence-electron chi connectivity index (χ2n) is 4.39. The maximum Gasteiger partial charge on any atom is 0.338 e. The zero-order valence-electron chi connectivity index (χ0n) is 11.6. The van der Waals surface area contributed by atoms with Gasteiger partial charge < -0.3 is 10.5 Å². The molecule has 2 aromatic rings. The molecule has 0 aromatic heterocycles. The molecule has 0 fully saturated rings. The molecule has 0 unspecified atom stereocenters. The Kier molecular flexibility index (Phi) is 4.69. The molecule has 2 rings (SSSR count). The number of carbonyl (C=O) groups is 1. The topological polar surface area (TPSA) is 52.3 Å². The molecular formula is C16H17NO2S. The summed E-state index contributed by atoms with van der Waals surface area (Å²) in [6.07, 6.45) is 0. The fourth-order valence-electron chi connectivity index (χ4n) is 1.70. The highest BCUT2D eigenvalue weighted by atomic mass is 32.2. The van der Waals surface area contributed by atoms with Gasteiger partial charge >= 0.3 is 5.97 Å². The van der Waals surface area contributed by atoms with Crippen molar-refractivity contribution in [1.29, 1.82) is 0 Å². The molecule has 0 spiro atoms. The third-order valence-corrected chi connectivity index (χ3v) is 3.85. The number of hydrogen-bond acceptors (Lipinski definition) is 4. The van der Waals surface area contributed by atoms with E-state index in [1.165, 1.54) is 17.3 Å². The van der Waals surface area contributed by atoms with E-state index >= 15 is 0 Å². The van der Waals surface area contributed by atoms with Crippen LogP contribution in [0.15, 0.2) is 52.3 Å². The summed E-state index contributed by atoms with van der Waals surface area (Å²) in [5, 5.41) is 0. The van der Waals surface area contributed by atoms with Crippen LogP contribution in [0, 0.1) is 6.92 Å². The lowest BCUT2D eigenvalue weighted by atomic mass is 10.2. The summed E-state index contributed by atoms with van der Waals surface area (Å²) in [5.74, 6) is -0.321. The highest BCUT2D eigenvalue weighted by Crippen LogP contribution is 2.33. The first-order chi connectivity index (χ1) is 9.60. The van der Waals surface area contributed by atoms with E-state index in [2.05, 4.69) is 0 Å². The molecule has 0 aliphatic carbocycles. The molecule has 0 aliphatic rings. The van der Waals surface area contributed by atoms with Crippen molar-refractivity contribution in [2.24, 2.45) is 0 Å². The summed E-state index contributed by atoms with van der Waals surface area (Å²) in [7, 11) is 0. The Balaban J connectivity index is 2.24. The normalized spacial score (nSPS) is 10.3. The molecular weight excluding hydrogens is 270 g/mol. The Hall–Kier alpha value is -1.94. The zero-order chi connectivity index (χ0) is 14.5. The monoisotopic (exact) mass is 287 g/mol. The Morgan fingerprint density at radius 1 is 1.20 bits per heavy atom. The number of hydrogen-bond donors (Lipinski definition) is 1. The second-order valence-corrected chi connectivity index (χ2v) is 5.50. The first-order valence-corrected chi connectivity index (χ1v) is 7.23. The van der Waals surface area contributed by atoms with Gasteiger partial charge in [-0.1, -0.05) is 29.5 Å². The first-order valence-electron chi connectivity index (χ1n) is 6.41. The van der Waals surface area contributed by atoms with Crippen molar-refractivity contribution in [3.8, 4) is 0 Å². The van der Waals surface area contributed by atoms with E-state index in [1.807, 2.05) is 31.2 Å². The molecule has 0 aliphatic heterocycles. The molecule has 2 N–H and O–H groups in total. The maximum absolute atomic E-state index is 11.7. The van der Waals surface area contributed by atoms with Crippen molar-refractivity contribution < 1.29 is 9.53 Å². The van der Waals surface area contributed by atoms with Gasteiger partial charge in [0, 0.05) is 15.5 Å². The number of carbonyl (C=O) groups excluding carboxylic acids is 1. The number of nitrogens with two attached hydrogens (primary N) is 1. The molecule has 0 saturated heterocycles. The van der Waals surface area contributed by atoms with Crippen molar-refractivity contribution in [3.63, 3.8) is 0 Å². The molecule has 0 atom stereocenters. The van der Waals surface area contributed by atoms with Gasteiger partial charge in [-0.2, -0.15) is 0 Å². The van der Waals surface area contributed by atoms with E-state index in [0.29, 0.717) is 17.9 Å². The number of ether oxygens (including phenoxy) is 1. The van der Waals surface area contributed by atoms with Crippen LogP contribution in [0.2, 0.25) is 0 Å². The number of rotatable bonds is 4. The molecule has 0 bridgehead atoms. The minimum atomic E-state index is -0.321. The molecule has 0 saturated carbocycles. The van der Waals surface area contributed by atoms with Gasteiger partial charge in [0.15, 0.2) is 0 Å². The summed E-state index contributed by atoms with van der Waals surface area (Å²) >= 11 is 1.54. The van der Waals surface area contributed by atoms with E-state index < -0.39 is 0 Å². The second kappa shape index (κ2) is 6.48. The lowest BCUT2D eigenvalue weighted by Gasteiger charge is -2.08. The van der Waals surface area contributed by atoms with Crippen molar-refractivity contribution in [2.45, 2.75) is 23.6 Å². The number of anilines is 1. The van der Waals surface area contributed by atoms with Crippen LogP contribution in [-0.4, -0.2) is 12.6 Å². The lowest BCUT2D eigenvalue weighted by molar-refractivity contribution is 0.0526. The van der Waals surface area contributed by atoms with Crippen LogP contribution in [0.4, 0.5) is 5.69 Å². The average Bonchev–Trinajstić information content (AvgIpc) is 2.44. The van der Waals surface area contributed by atoms with Crippen LogP contribution >= 0.6 is 11.8 Å². The van der Waals surface area contributed by atoms with E-state index in [1.54, 1.807) is 25.1 Å². The average molecular weight is 287 g/mol. The molecule has 4 heteroatoms. The molecule has 0 radical (unpaired) electrons. The number of esters is 1. The van der Waals surface area contributed by atoms with Gasteiger partial charge in [0.05, 0.1) is 12.2 Å². The van der Waals surface area contributed by atoms with Gasteiger partial charge in [-0.05, 0) is 44.2 Å². The largest absolute Gasteiger partial charge is 0.462 e. The predicted molar refractivity (Wildman–Crippen MR) is 82.1 cm³/mol. The third kappa shape index (κ3) is 3.54. The number of nitrogen functional groups attached to an aromatic ring is 1. The van der Waals surface area contributed by atoms with Crippen molar-refractivity contribution in [3.05, 3.63) is 53.6 Å². The molecule has 3 nitrogen and oxygen atoms in total. The summed E-state index contributed by atoms with van der Waals surface area (Å²) in [4.78, 5) is 13.7. The summed E-state index contributed by atoms with van der Waals surface area (Å²) in [6, 6.07) is 13.4. The van der Waals surface area contributed by atoms with Crippen LogP contribution in [0.5, 0.6) is 0 Å². The van der Waals surface area contributed by atoms with Gasteiger partial charge in [-0.15, -0.1) is 0 Å². The Morgan fingerprint density at radius 2 is 1.90 bits per heavy atom. The smallest absolute Gasteiger partial charge is 0.338 e. The van der Waals surface area contributed by atoms with Gasteiger partial charge in [-0.3, -0.25) is 0 Å². The van der Waals surface area contributed by atoms with Gasteiger partial charge in [0.2, 0.25) is 0 Å². The standard InChI is InChI=1S/C16H17NO2S/c1-3-19-16(18)12-6-9-14(17)15(10-12)20-13-7-4-11(2)5-8-13/h4-10H,3,17H2,1-2H3. The molecule has 104 valence electrons. The van der Waals surface area contributed by atoms with Crippen LogP contribution in [0.3, 0.4) is 0 Å². The summed E-state index contributed by atoms with van der Waals surface area (Å²) < 4.78 is 5.00. The minimum absolute atomic E-state index is 0.321. The predicted octanol–water partition coefficient (Wildman–Crippen LogP) is 3.91. The molecule has 2 aromatic carbocycles. The molecule has 20 heavy (non-hydrogen) atoms. The molecule has 0 amide bonds. The fraction of sp³-hybridized carbons (Fsp3) is 0.188. The first kappa shape index (κ1) is 14.5. The molecule has 0 heterocycles. The quantitative estimate of drug-likeness (QED) is 0.684. The SMILES string of the molecule is CCOC(=O)c1ccc(N)c(Sc2ccc(C)cc2)c1. The highest BCUT2D eigenvalue weighted by molar-refractivity contribution is 7.99. The van der Waals surface area contributed by atoms with E-state index in [9.17, 15) is 4.79 Å². The van der Waals surface area contributed by atoms with Crippen LogP contribution in [-0.2, 0) is 4.74 Å². The van der Waals surface area contributed by atoms with Crippen LogP contribution < -0.4 is 5.73 Å². The van der Waals surface area contributed by atoms with Gasteiger partial charge in [-0.25, -0.2) is 4.79 Å². The Morgan fingerprint density at radius 3 is 2.55 bits per heavy atom. The van der Waals surface area contributed by atoms with Gasteiger partial charge in [0.1, 0.15) is 0 Å².